The van der Waals surface area contributed by atoms with Gasteiger partial charge in [-0.15, -0.1) is 11.3 Å². The molecule has 0 bridgehead atoms. The smallest absolute Gasteiger partial charge is 0.180 e. The van der Waals surface area contributed by atoms with Gasteiger partial charge < -0.3 is 15.2 Å². The molecule has 16 heavy (non-hydrogen) atoms. The minimum atomic E-state index is 0.162. The summed E-state index contributed by atoms with van der Waals surface area (Å²) in [4.78, 5) is 7.53. The number of aromatic nitrogens is 1. The molecule has 0 amide bonds. The molecular formula is C10H17N3O2S. The van der Waals surface area contributed by atoms with Crippen LogP contribution in [0.1, 0.15) is 4.88 Å². The van der Waals surface area contributed by atoms with Gasteiger partial charge in [0.2, 0.25) is 0 Å². The average molecular weight is 243 g/mol. The van der Waals surface area contributed by atoms with Crippen molar-refractivity contribution in [3.63, 3.8) is 0 Å². The second-order valence-electron chi connectivity index (χ2n) is 3.91. The molecule has 1 saturated heterocycles. The highest BCUT2D eigenvalue weighted by Crippen LogP contribution is 2.21. The van der Waals surface area contributed by atoms with Crippen molar-refractivity contribution in [1.29, 1.82) is 0 Å². The molecule has 1 aromatic heterocycles. The lowest BCUT2D eigenvalue weighted by Crippen LogP contribution is -2.27. The molecule has 0 aromatic carbocycles. The number of likely N-dealkylation sites (tertiary alicyclic amines) is 1. The molecule has 2 N–H and O–H groups in total. The molecule has 1 fully saturated rings. The van der Waals surface area contributed by atoms with E-state index in [2.05, 4.69) is 9.88 Å². The zero-order valence-electron chi connectivity index (χ0n) is 9.55. The van der Waals surface area contributed by atoms with Crippen LogP contribution in [0.4, 0.5) is 5.13 Å². The summed E-state index contributed by atoms with van der Waals surface area (Å²) in [6, 6.07) is 0. The predicted molar refractivity (Wildman–Crippen MR) is 63.4 cm³/mol. The van der Waals surface area contributed by atoms with Gasteiger partial charge in [0, 0.05) is 44.9 Å². The van der Waals surface area contributed by atoms with Crippen molar-refractivity contribution in [3.8, 4) is 0 Å². The van der Waals surface area contributed by atoms with Crippen LogP contribution in [0.15, 0.2) is 6.20 Å². The Morgan fingerprint density at radius 3 is 2.50 bits per heavy atom. The third-order valence-corrected chi connectivity index (χ3v) is 3.66. The van der Waals surface area contributed by atoms with Gasteiger partial charge in [-0.05, 0) is 0 Å². The molecule has 6 heteroatoms. The Hall–Kier alpha value is -0.690. The van der Waals surface area contributed by atoms with Crippen LogP contribution in [0.2, 0.25) is 0 Å². The van der Waals surface area contributed by atoms with E-state index in [1.807, 2.05) is 6.20 Å². The zero-order valence-corrected chi connectivity index (χ0v) is 10.4. The Labute approximate surface area is 99.2 Å². The number of methoxy groups -OCH3 is 2. The fourth-order valence-corrected chi connectivity index (χ4v) is 2.74. The Morgan fingerprint density at radius 1 is 1.44 bits per heavy atom. The highest BCUT2D eigenvalue weighted by Gasteiger charge is 2.32. The largest absolute Gasteiger partial charge is 0.377 e. The van der Waals surface area contributed by atoms with Gasteiger partial charge in [0.15, 0.2) is 5.13 Å². The van der Waals surface area contributed by atoms with Crippen molar-refractivity contribution >= 4 is 16.5 Å². The first-order valence-corrected chi connectivity index (χ1v) is 6.02. The molecule has 2 rings (SSSR count). The number of nitrogen functional groups attached to an aromatic ring is 1. The van der Waals surface area contributed by atoms with Gasteiger partial charge in [-0.25, -0.2) is 4.98 Å². The Morgan fingerprint density at radius 2 is 2.06 bits per heavy atom. The van der Waals surface area contributed by atoms with E-state index in [0.29, 0.717) is 5.13 Å². The van der Waals surface area contributed by atoms with Gasteiger partial charge in [-0.2, -0.15) is 0 Å². The molecule has 0 saturated carbocycles. The van der Waals surface area contributed by atoms with Crippen LogP contribution in [0, 0.1) is 0 Å². The minimum absolute atomic E-state index is 0.162. The second-order valence-corrected chi connectivity index (χ2v) is 5.05. The van der Waals surface area contributed by atoms with E-state index in [1.54, 1.807) is 14.2 Å². The monoisotopic (exact) mass is 243 g/mol. The Bertz CT molecular complexity index is 333. The van der Waals surface area contributed by atoms with Crippen molar-refractivity contribution < 1.29 is 9.47 Å². The van der Waals surface area contributed by atoms with Gasteiger partial charge in [0.1, 0.15) is 0 Å². The van der Waals surface area contributed by atoms with E-state index in [-0.39, 0.29) is 12.2 Å². The molecule has 2 atom stereocenters. The first-order chi connectivity index (χ1) is 7.72. The van der Waals surface area contributed by atoms with Gasteiger partial charge in [0.25, 0.3) is 0 Å². The molecule has 0 unspecified atom stereocenters. The summed E-state index contributed by atoms with van der Waals surface area (Å²) in [7, 11) is 3.45. The number of nitrogens with two attached hydrogens (primary N) is 1. The third kappa shape index (κ3) is 2.52. The number of anilines is 1. The molecular weight excluding hydrogens is 226 g/mol. The van der Waals surface area contributed by atoms with E-state index in [0.717, 1.165) is 19.6 Å². The molecule has 5 nitrogen and oxygen atoms in total. The molecule has 90 valence electrons. The normalized spacial score (nSPS) is 26.4. The number of ether oxygens (including phenoxy) is 2. The van der Waals surface area contributed by atoms with Crippen molar-refractivity contribution in [2.24, 2.45) is 0 Å². The lowest BCUT2D eigenvalue weighted by Gasteiger charge is -2.13. The van der Waals surface area contributed by atoms with Gasteiger partial charge in [0.05, 0.1) is 12.2 Å². The highest BCUT2D eigenvalue weighted by atomic mass is 32.1. The lowest BCUT2D eigenvalue weighted by molar-refractivity contribution is -0.00461. The van der Waals surface area contributed by atoms with Crippen LogP contribution in [0.5, 0.6) is 0 Å². The van der Waals surface area contributed by atoms with Crippen LogP contribution >= 0.6 is 11.3 Å². The molecule has 1 aromatic rings. The Kier molecular flexibility index (Phi) is 3.75. The van der Waals surface area contributed by atoms with Crippen molar-refractivity contribution in [2.45, 2.75) is 18.8 Å². The maximum atomic E-state index is 5.60. The van der Waals surface area contributed by atoms with Gasteiger partial charge >= 0.3 is 0 Å². The fraction of sp³-hybridized carbons (Fsp3) is 0.700. The SMILES string of the molecule is CO[C@H]1CN(Cc2cnc(N)s2)C[C@H]1OC. The lowest BCUT2D eigenvalue weighted by atomic mass is 10.3. The van der Waals surface area contributed by atoms with Crippen LogP contribution in [-0.2, 0) is 16.0 Å². The molecule has 1 aliphatic rings. The first-order valence-electron chi connectivity index (χ1n) is 5.21. The fourth-order valence-electron chi connectivity index (χ4n) is 2.02. The van der Waals surface area contributed by atoms with E-state index in [9.17, 15) is 0 Å². The molecule has 0 spiro atoms. The molecule has 0 radical (unpaired) electrons. The number of thiazole rings is 1. The highest BCUT2D eigenvalue weighted by molar-refractivity contribution is 7.15. The maximum Gasteiger partial charge on any atom is 0.180 e. The van der Waals surface area contributed by atoms with Crippen molar-refractivity contribution in [2.75, 3.05) is 33.0 Å². The summed E-state index contributed by atoms with van der Waals surface area (Å²) in [5, 5.41) is 0.626. The van der Waals surface area contributed by atoms with E-state index in [1.165, 1.54) is 16.2 Å². The summed E-state index contributed by atoms with van der Waals surface area (Å²) in [6.45, 7) is 2.66. The van der Waals surface area contributed by atoms with E-state index < -0.39 is 0 Å². The predicted octanol–water partition coefficient (Wildman–Crippen LogP) is 0.571. The van der Waals surface area contributed by atoms with E-state index >= 15 is 0 Å². The molecule has 1 aliphatic heterocycles. The molecule has 0 aliphatic carbocycles. The Balaban J connectivity index is 1.92. The van der Waals surface area contributed by atoms with Gasteiger partial charge in [-0.1, -0.05) is 0 Å². The van der Waals surface area contributed by atoms with Crippen LogP contribution in [0.25, 0.3) is 0 Å². The quantitative estimate of drug-likeness (QED) is 0.838. The van der Waals surface area contributed by atoms with Gasteiger partial charge in [-0.3, -0.25) is 4.90 Å². The standard InChI is InChI=1S/C10H17N3O2S/c1-14-8-5-13(6-9(8)15-2)4-7-3-12-10(11)16-7/h3,8-9H,4-6H2,1-2H3,(H2,11,12)/t8-,9+. The van der Waals surface area contributed by atoms with Crippen LogP contribution < -0.4 is 5.73 Å². The minimum Gasteiger partial charge on any atom is -0.377 e. The summed E-state index contributed by atoms with van der Waals surface area (Å²) in [5.41, 5.74) is 5.60. The third-order valence-electron chi connectivity index (χ3n) is 2.85. The second kappa shape index (κ2) is 5.09. The van der Waals surface area contributed by atoms with Crippen molar-refractivity contribution in [3.05, 3.63) is 11.1 Å². The number of rotatable bonds is 4. The number of hydrogen-bond donors (Lipinski definition) is 1. The first kappa shape index (κ1) is 11.8. The maximum absolute atomic E-state index is 5.60. The number of nitrogens with zero attached hydrogens (tertiary/aromatic N) is 2. The van der Waals surface area contributed by atoms with Crippen molar-refractivity contribution in [1.82, 2.24) is 9.88 Å². The van der Waals surface area contributed by atoms with Crippen LogP contribution in [0.3, 0.4) is 0 Å². The van der Waals surface area contributed by atoms with Crippen LogP contribution in [-0.4, -0.2) is 49.4 Å². The number of hydrogen-bond acceptors (Lipinski definition) is 6. The summed E-state index contributed by atoms with van der Waals surface area (Å²) in [6.07, 6.45) is 2.16. The molecule has 2 heterocycles. The summed E-state index contributed by atoms with van der Waals surface area (Å²) < 4.78 is 10.8. The summed E-state index contributed by atoms with van der Waals surface area (Å²) >= 11 is 1.54. The topological polar surface area (TPSA) is 60.6 Å². The average Bonchev–Trinajstić information content (AvgIpc) is 2.85. The zero-order chi connectivity index (χ0) is 11.5. The summed E-state index contributed by atoms with van der Waals surface area (Å²) in [5.74, 6) is 0. The van der Waals surface area contributed by atoms with E-state index in [4.69, 9.17) is 15.2 Å².